The largest absolute Gasteiger partial charge is 0.336 e. The summed E-state index contributed by atoms with van der Waals surface area (Å²) in [5.41, 5.74) is 1.54. The average Bonchev–Trinajstić information content (AvgIpc) is 3.48. The normalized spacial score (nSPS) is 18.0. The van der Waals surface area contributed by atoms with Gasteiger partial charge in [-0.15, -0.1) is 0 Å². The van der Waals surface area contributed by atoms with Gasteiger partial charge in [-0.3, -0.25) is 19.1 Å². The van der Waals surface area contributed by atoms with E-state index in [9.17, 15) is 14.0 Å². The highest BCUT2D eigenvalue weighted by Gasteiger charge is 2.29. The van der Waals surface area contributed by atoms with Crippen molar-refractivity contribution >= 4 is 22.7 Å². The SMILES string of the molecule is O=C(c1cccc2c1ccn2C(=O)c1cccc(F)c1)N1CCN(C2CCCC2)CC1. The fraction of sp³-hybridized carbons (Fsp3) is 0.360. The van der Waals surface area contributed by atoms with Gasteiger partial charge in [-0.25, -0.2) is 4.39 Å². The molecular weight excluding hydrogens is 393 g/mol. The highest BCUT2D eigenvalue weighted by Crippen LogP contribution is 2.26. The number of aromatic nitrogens is 1. The Kier molecular flexibility index (Phi) is 5.32. The number of carbonyl (C=O) groups excluding carboxylic acids is 2. The van der Waals surface area contributed by atoms with Crippen LogP contribution in [0, 0.1) is 5.82 Å². The Morgan fingerprint density at radius 1 is 0.871 bits per heavy atom. The van der Waals surface area contributed by atoms with Crippen LogP contribution in [0.15, 0.2) is 54.7 Å². The monoisotopic (exact) mass is 419 g/mol. The zero-order chi connectivity index (χ0) is 21.4. The molecule has 0 atom stereocenters. The van der Waals surface area contributed by atoms with Crippen LogP contribution in [0.3, 0.4) is 0 Å². The number of fused-ring (bicyclic) bond motifs is 1. The fourth-order valence-electron chi connectivity index (χ4n) is 5.02. The number of nitrogens with zero attached hydrogens (tertiary/aromatic N) is 3. The summed E-state index contributed by atoms with van der Waals surface area (Å²) in [6, 6.07) is 13.6. The Balaban J connectivity index is 1.37. The van der Waals surface area contributed by atoms with E-state index in [0.717, 1.165) is 31.6 Å². The van der Waals surface area contributed by atoms with Gasteiger partial charge in [0.1, 0.15) is 5.82 Å². The third-order valence-corrected chi connectivity index (χ3v) is 6.70. The molecule has 1 saturated carbocycles. The van der Waals surface area contributed by atoms with E-state index < -0.39 is 5.82 Å². The maximum Gasteiger partial charge on any atom is 0.262 e. The van der Waals surface area contributed by atoms with E-state index in [1.54, 1.807) is 24.4 Å². The summed E-state index contributed by atoms with van der Waals surface area (Å²) in [5.74, 6) is -0.758. The number of rotatable bonds is 3. The van der Waals surface area contributed by atoms with Crippen LogP contribution in [0.4, 0.5) is 4.39 Å². The van der Waals surface area contributed by atoms with Crippen molar-refractivity contribution in [2.75, 3.05) is 26.2 Å². The van der Waals surface area contributed by atoms with Crippen LogP contribution in [0.2, 0.25) is 0 Å². The lowest BCUT2D eigenvalue weighted by Gasteiger charge is -2.38. The quantitative estimate of drug-likeness (QED) is 0.640. The molecule has 0 bridgehead atoms. The number of benzene rings is 2. The molecule has 2 fully saturated rings. The van der Waals surface area contributed by atoms with Crippen LogP contribution in [0.5, 0.6) is 0 Å². The van der Waals surface area contributed by atoms with Crippen LogP contribution >= 0.6 is 0 Å². The van der Waals surface area contributed by atoms with Crippen LogP contribution < -0.4 is 0 Å². The Bertz CT molecular complexity index is 1120. The number of hydrogen-bond donors (Lipinski definition) is 0. The van der Waals surface area contributed by atoms with Crippen LogP contribution in [0.25, 0.3) is 10.9 Å². The van der Waals surface area contributed by atoms with Gasteiger partial charge in [-0.2, -0.15) is 0 Å². The summed E-state index contributed by atoms with van der Waals surface area (Å²) in [5, 5.41) is 0.746. The lowest BCUT2D eigenvalue weighted by molar-refractivity contribution is 0.0575. The van der Waals surface area contributed by atoms with Crippen molar-refractivity contribution in [3.05, 3.63) is 71.7 Å². The molecule has 2 aliphatic rings. The third-order valence-electron chi connectivity index (χ3n) is 6.70. The molecule has 5 rings (SSSR count). The lowest BCUT2D eigenvalue weighted by Crippen LogP contribution is -2.51. The minimum absolute atomic E-state index is 0.00706. The predicted octanol–water partition coefficient (Wildman–Crippen LogP) is 4.17. The standard InChI is InChI=1S/C25H26FN3O2/c26-19-6-3-5-18(17-19)24(30)29-12-11-21-22(9-4-10-23(21)29)25(31)28-15-13-27(14-16-28)20-7-1-2-8-20/h3-6,9-12,17,20H,1-2,7-8,13-16H2. The van der Waals surface area contributed by atoms with Crippen molar-refractivity contribution in [2.45, 2.75) is 31.7 Å². The first-order valence-corrected chi connectivity index (χ1v) is 11.1. The molecule has 0 spiro atoms. The average molecular weight is 420 g/mol. The highest BCUT2D eigenvalue weighted by atomic mass is 19.1. The zero-order valence-electron chi connectivity index (χ0n) is 17.5. The molecule has 1 aliphatic heterocycles. The third kappa shape index (κ3) is 3.76. The summed E-state index contributed by atoms with van der Waals surface area (Å²) in [4.78, 5) is 30.7. The van der Waals surface area contributed by atoms with Crippen molar-refractivity contribution in [3.63, 3.8) is 0 Å². The number of piperazine rings is 1. The molecule has 6 heteroatoms. The predicted molar refractivity (Wildman–Crippen MR) is 118 cm³/mol. The van der Waals surface area contributed by atoms with Crippen molar-refractivity contribution in [1.29, 1.82) is 0 Å². The molecule has 31 heavy (non-hydrogen) atoms. The molecule has 0 N–H and O–H groups in total. The van der Waals surface area contributed by atoms with E-state index in [0.29, 0.717) is 17.1 Å². The molecule has 2 heterocycles. The van der Waals surface area contributed by atoms with Gasteiger partial charge in [0.25, 0.3) is 11.8 Å². The van der Waals surface area contributed by atoms with E-state index in [1.807, 2.05) is 17.0 Å². The topological polar surface area (TPSA) is 45.6 Å². The molecular formula is C25H26FN3O2. The molecule has 1 amide bonds. The smallest absolute Gasteiger partial charge is 0.262 e. The van der Waals surface area contributed by atoms with E-state index >= 15 is 0 Å². The van der Waals surface area contributed by atoms with Crippen molar-refractivity contribution in [2.24, 2.45) is 0 Å². The van der Waals surface area contributed by atoms with Crippen LogP contribution in [-0.4, -0.2) is 58.4 Å². The first kappa shape index (κ1) is 19.9. The Hall–Kier alpha value is -2.99. The Morgan fingerprint density at radius 3 is 2.35 bits per heavy atom. The second-order valence-electron chi connectivity index (χ2n) is 8.51. The van der Waals surface area contributed by atoms with Gasteiger partial charge in [0.2, 0.25) is 0 Å². The fourth-order valence-corrected chi connectivity index (χ4v) is 5.02. The van der Waals surface area contributed by atoms with Crippen molar-refractivity contribution in [3.8, 4) is 0 Å². The first-order valence-electron chi connectivity index (χ1n) is 11.1. The van der Waals surface area contributed by atoms with Crippen molar-refractivity contribution < 1.29 is 14.0 Å². The summed E-state index contributed by atoms with van der Waals surface area (Å²) in [6.45, 7) is 3.31. The van der Waals surface area contributed by atoms with E-state index in [1.165, 1.54) is 48.4 Å². The van der Waals surface area contributed by atoms with Gasteiger partial charge in [-0.1, -0.05) is 25.0 Å². The minimum Gasteiger partial charge on any atom is -0.336 e. The maximum absolute atomic E-state index is 13.6. The van der Waals surface area contributed by atoms with Gasteiger partial charge in [-0.05, 0) is 49.2 Å². The lowest BCUT2D eigenvalue weighted by atomic mass is 10.1. The maximum atomic E-state index is 13.6. The molecule has 1 saturated heterocycles. The summed E-state index contributed by atoms with van der Waals surface area (Å²) < 4.78 is 15.1. The van der Waals surface area contributed by atoms with Gasteiger partial charge >= 0.3 is 0 Å². The Morgan fingerprint density at radius 2 is 1.61 bits per heavy atom. The Labute approximate surface area is 181 Å². The van der Waals surface area contributed by atoms with Gasteiger partial charge < -0.3 is 4.90 Å². The number of hydrogen-bond acceptors (Lipinski definition) is 3. The van der Waals surface area contributed by atoms with Gasteiger partial charge in [0, 0.05) is 54.9 Å². The van der Waals surface area contributed by atoms with Crippen LogP contribution in [0.1, 0.15) is 46.4 Å². The van der Waals surface area contributed by atoms with Crippen molar-refractivity contribution in [1.82, 2.24) is 14.4 Å². The van der Waals surface area contributed by atoms with E-state index in [2.05, 4.69) is 4.90 Å². The molecule has 3 aromatic rings. The number of carbonyl (C=O) groups is 2. The molecule has 1 aromatic heterocycles. The summed E-state index contributed by atoms with van der Waals surface area (Å²) >= 11 is 0. The second kappa shape index (κ2) is 8.27. The molecule has 1 aliphatic carbocycles. The van der Waals surface area contributed by atoms with Crippen LogP contribution in [-0.2, 0) is 0 Å². The minimum atomic E-state index is -0.449. The molecule has 0 unspecified atom stereocenters. The van der Waals surface area contributed by atoms with Gasteiger partial charge in [0.15, 0.2) is 0 Å². The molecule has 5 nitrogen and oxygen atoms in total. The second-order valence-corrected chi connectivity index (χ2v) is 8.51. The molecule has 2 aromatic carbocycles. The molecule has 160 valence electrons. The number of amides is 1. The zero-order valence-corrected chi connectivity index (χ0v) is 17.5. The van der Waals surface area contributed by atoms with E-state index in [-0.39, 0.29) is 17.4 Å². The molecule has 0 radical (unpaired) electrons. The van der Waals surface area contributed by atoms with Gasteiger partial charge in [0.05, 0.1) is 5.52 Å². The van der Waals surface area contributed by atoms with E-state index in [4.69, 9.17) is 0 Å². The highest BCUT2D eigenvalue weighted by molar-refractivity contribution is 6.10. The number of halogens is 1. The summed E-state index contributed by atoms with van der Waals surface area (Å²) in [7, 11) is 0. The summed E-state index contributed by atoms with van der Waals surface area (Å²) in [6.07, 6.45) is 6.85. The first-order chi connectivity index (χ1) is 15.1.